The predicted molar refractivity (Wildman–Crippen MR) is 80.5 cm³/mol. The molecule has 19 heavy (non-hydrogen) atoms. The van der Waals surface area contributed by atoms with Crippen LogP contribution in [0.1, 0.15) is 25.1 Å². The number of benzene rings is 1. The third-order valence-electron chi connectivity index (χ3n) is 3.92. The van der Waals surface area contributed by atoms with E-state index in [1.165, 1.54) is 18.6 Å². The summed E-state index contributed by atoms with van der Waals surface area (Å²) in [4.78, 5) is 4.64. The molecule has 2 unspecified atom stereocenters. The van der Waals surface area contributed by atoms with E-state index in [1.807, 2.05) is 37.0 Å². The van der Waals surface area contributed by atoms with Gasteiger partial charge in [-0.2, -0.15) is 11.8 Å². The van der Waals surface area contributed by atoms with E-state index in [9.17, 15) is 5.11 Å². The van der Waals surface area contributed by atoms with E-state index in [1.54, 1.807) is 0 Å². The average molecular weight is 276 g/mol. The topological polar surface area (TPSA) is 38.0 Å². The first-order chi connectivity index (χ1) is 9.25. The zero-order chi connectivity index (χ0) is 13.2. The molecule has 1 N–H and O–H groups in total. The Labute approximate surface area is 118 Å². The van der Waals surface area contributed by atoms with E-state index in [-0.39, 0.29) is 6.10 Å². The van der Waals surface area contributed by atoms with E-state index < -0.39 is 0 Å². The second-order valence-electron chi connectivity index (χ2n) is 5.25. The van der Waals surface area contributed by atoms with Gasteiger partial charge in [0, 0.05) is 18.7 Å². The van der Waals surface area contributed by atoms with Crippen molar-refractivity contribution < 1.29 is 5.11 Å². The SMILES string of the molecule is Cn1c(CC(O)C2CCCCS2)nc2ccccc21. The molecular formula is C15H20N2OS. The Morgan fingerprint density at radius 1 is 1.42 bits per heavy atom. The van der Waals surface area contributed by atoms with Crippen LogP contribution in [0.2, 0.25) is 0 Å². The average Bonchev–Trinajstić information content (AvgIpc) is 2.77. The maximum Gasteiger partial charge on any atom is 0.112 e. The molecule has 0 saturated carbocycles. The summed E-state index contributed by atoms with van der Waals surface area (Å²) in [5.74, 6) is 2.17. The van der Waals surface area contributed by atoms with Gasteiger partial charge in [-0.05, 0) is 30.7 Å². The third-order valence-corrected chi connectivity index (χ3v) is 5.42. The number of aryl methyl sites for hydroxylation is 1. The van der Waals surface area contributed by atoms with Crippen LogP contribution in [0.4, 0.5) is 0 Å². The number of rotatable bonds is 3. The maximum absolute atomic E-state index is 10.4. The smallest absolute Gasteiger partial charge is 0.112 e. The lowest BCUT2D eigenvalue weighted by molar-refractivity contribution is 0.163. The van der Waals surface area contributed by atoms with Crippen LogP contribution in [0.25, 0.3) is 11.0 Å². The van der Waals surface area contributed by atoms with Gasteiger partial charge in [0.05, 0.1) is 17.1 Å². The van der Waals surface area contributed by atoms with Crippen LogP contribution in [0.15, 0.2) is 24.3 Å². The van der Waals surface area contributed by atoms with Gasteiger partial charge in [0.2, 0.25) is 0 Å². The van der Waals surface area contributed by atoms with Gasteiger partial charge in [0.25, 0.3) is 0 Å². The minimum atomic E-state index is -0.277. The largest absolute Gasteiger partial charge is 0.392 e. The molecule has 1 aliphatic heterocycles. The summed E-state index contributed by atoms with van der Waals surface area (Å²) in [6.45, 7) is 0. The van der Waals surface area contributed by atoms with Crippen molar-refractivity contribution >= 4 is 22.8 Å². The molecule has 2 aromatic rings. The van der Waals surface area contributed by atoms with Gasteiger partial charge in [-0.15, -0.1) is 0 Å². The quantitative estimate of drug-likeness (QED) is 0.937. The number of fused-ring (bicyclic) bond motifs is 1. The molecule has 2 atom stereocenters. The number of aromatic nitrogens is 2. The highest BCUT2D eigenvalue weighted by molar-refractivity contribution is 8.00. The molecule has 0 radical (unpaired) electrons. The lowest BCUT2D eigenvalue weighted by Gasteiger charge is -2.25. The highest BCUT2D eigenvalue weighted by Crippen LogP contribution is 2.29. The molecule has 2 heterocycles. The van der Waals surface area contributed by atoms with Crippen molar-refractivity contribution in [2.24, 2.45) is 7.05 Å². The first kappa shape index (κ1) is 13.0. The molecule has 3 rings (SSSR count). The number of hydrogen-bond donors (Lipinski definition) is 1. The van der Waals surface area contributed by atoms with Gasteiger partial charge in [-0.3, -0.25) is 0 Å². The van der Waals surface area contributed by atoms with Gasteiger partial charge in [0.1, 0.15) is 5.82 Å². The van der Waals surface area contributed by atoms with Crippen molar-refractivity contribution in [1.82, 2.24) is 9.55 Å². The fraction of sp³-hybridized carbons (Fsp3) is 0.533. The van der Waals surface area contributed by atoms with E-state index in [4.69, 9.17) is 0 Å². The van der Waals surface area contributed by atoms with Crippen LogP contribution in [0.5, 0.6) is 0 Å². The molecule has 0 spiro atoms. The molecule has 102 valence electrons. The standard InChI is InChI=1S/C15H20N2OS/c1-17-12-7-3-2-6-11(12)16-15(17)10-13(18)14-8-4-5-9-19-14/h2-3,6-7,13-14,18H,4-5,8-10H2,1H3. The molecular weight excluding hydrogens is 256 g/mol. The summed E-state index contributed by atoms with van der Waals surface area (Å²) >= 11 is 1.92. The fourth-order valence-electron chi connectivity index (χ4n) is 2.77. The molecule has 1 aliphatic rings. The molecule has 0 amide bonds. The molecule has 1 fully saturated rings. The van der Waals surface area contributed by atoms with Gasteiger partial charge >= 0.3 is 0 Å². The zero-order valence-electron chi connectivity index (χ0n) is 11.2. The van der Waals surface area contributed by atoms with E-state index in [0.29, 0.717) is 11.7 Å². The van der Waals surface area contributed by atoms with E-state index >= 15 is 0 Å². The third kappa shape index (κ3) is 2.65. The van der Waals surface area contributed by atoms with Crippen LogP contribution in [0.3, 0.4) is 0 Å². The van der Waals surface area contributed by atoms with Crippen molar-refractivity contribution in [3.63, 3.8) is 0 Å². The lowest BCUT2D eigenvalue weighted by atomic mass is 10.1. The van der Waals surface area contributed by atoms with Crippen molar-refractivity contribution in [3.05, 3.63) is 30.1 Å². The Morgan fingerprint density at radius 2 is 2.26 bits per heavy atom. The fourth-order valence-corrected chi connectivity index (χ4v) is 4.09. The summed E-state index contributed by atoms with van der Waals surface area (Å²) in [6.07, 6.45) is 4.05. The Morgan fingerprint density at radius 3 is 3.00 bits per heavy atom. The molecule has 1 aromatic carbocycles. The summed E-state index contributed by atoms with van der Waals surface area (Å²) in [5.41, 5.74) is 2.16. The van der Waals surface area contributed by atoms with Gasteiger partial charge in [-0.1, -0.05) is 18.6 Å². The molecule has 4 heteroatoms. The van der Waals surface area contributed by atoms with Crippen molar-refractivity contribution in [1.29, 1.82) is 0 Å². The second-order valence-corrected chi connectivity index (χ2v) is 6.60. The maximum atomic E-state index is 10.4. The predicted octanol–water partition coefficient (Wildman–Crippen LogP) is 2.76. The van der Waals surface area contributed by atoms with E-state index in [2.05, 4.69) is 15.6 Å². The molecule has 3 nitrogen and oxygen atoms in total. The summed E-state index contributed by atoms with van der Waals surface area (Å²) in [5, 5.41) is 10.8. The number of thioether (sulfide) groups is 1. The molecule has 1 saturated heterocycles. The van der Waals surface area contributed by atoms with Crippen molar-refractivity contribution in [3.8, 4) is 0 Å². The number of nitrogens with zero attached hydrogens (tertiary/aromatic N) is 2. The molecule has 0 aliphatic carbocycles. The minimum Gasteiger partial charge on any atom is -0.392 e. The number of imidazole rings is 1. The normalized spacial score (nSPS) is 21.7. The van der Waals surface area contributed by atoms with Crippen LogP contribution >= 0.6 is 11.8 Å². The first-order valence-corrected chi connectivity index (χ1v) is 8.00. The molecule has 1 aromatic heterocycles. The van der Waals surface area contributed by atoms with Crippen LogP contribution in [0, 0.1) is 0 Å². The summed E-state index contributed by atoms with van der Waals surface area (Å²) in [7, 11) is 2.03. The van der Waals surface area contributed by atoms with Crippen molar-refractivity contribution in [2.45, 2.75) is 37.0 Å². The summed E-state index contributed by atoms with van der Waals surface area (Å²) < 4.78 is 2.10. The van der Waals surface area contributed by atoms with Gasteiger partial charge in [0.15, 0.2) is 0 Å². The van der Waals surface area contributed by atoms with Crippen LogP contribution in [-0.2, 0) is 13.5 Å². The van der Waals surface area contributed by atoms with Crippen molar-refractivity contribution in [2.75, 3.05) is 5.75 Å². The first-order valence-electron chi connectivity index (χ1n) is 6.95. The second kappa shape index (κ2) is 5.55. The minimum absolute atomic E-state index is 0.277. The number of aliphatic hydroxyl groups is 1. The highest BCUT2D eigenvalue weighted by Gasteiger charge is 2.24. The monoisotopic (exact) mass is 276 g/mol. The van der Waals surface area contributed by atoms with Gasteiger partial charge in [-0.25, -0.2) is 4.98 Å². The van der Waals surface area contributed by atoms with Crippen LogP contribution < -0.4 is 0 Å². The number of hydrogen-bond acceptors (Lipinski definition) is 3. The lowest BCUT2D eigenvalue weighted by Crippen LogP contribution is -2.28. The highest BCUT2D eigenvalue weighted by atomic mass is 32.2. The Bertz CT molecular complexity index is 560. The Hall–Kier alpha value is -1.00. The van der Waals surface area contributed by atoms with E-state index in [0.717, 1.165) is 23.3 Å². The van der Waals surface area contributed by atoms with Gasteiger partial charge < -0.3 is 9.67 Å². The number of aliphatic hydroxyl groups excluding tert-OH is 1. The Balaban J connectivity index is 1.78. The Kier molecular flexibility index (Phi) is 3.80. The van der Waals surface area contributed by atoms with Crippen LogP contribution in [-0.4, -0.2) is 31.8 Å². The summed E-state index contributed by atoms with van der Waals surface area (Å²) in [6, 6.07) is 8.14. The number of para-hydroxylation sites is 2. The zero-order valence-corrected chi connectivity index (χ0v) is 12.1. The molecule has 0 bridgehead atoms.